The average molecular weight is 400 g/mol. The lowest BCUT2D eigenvalue weighted by molar-refractivity contribution is 0.0491. The normalized spacial score (nSPS) is 10.4. The molecule has 7 nitrogen and oxygen atoms in total. The van der Waals surface area contributed by atoms with Crippen molar-refractivity contribution in [3.8, 4) is 28.5 Å². The van der Waals surface area contributed by atoms with Crippen LogP contribution in [0.2, 0.25) is 0 Å². The summed E-state index contributed by atoms with van der Waals surface area (Å²) in [5.41, 5.74) is 2.16. The Morgan fingerprint density at radius 1 is 1.04 bits per heavy atom. The Hall–Kier alpha value is -3.10. The van der Waals surface area contributed by atoms with E-state index < -0.39 is 0 Å². The van der Waals surface area contributed by atoms with Crippen LogP contribution in [0.4, 0.5) is 5.13 Å². The van der Waals surface area contributed by atoms with E-state index in [-0.39, 0.29) is 12.7 Å². The fraction of sp³-hybridized carbons (Fsp3) is 0.200. The molecule has 28 heavy (non-hydrogen) atoms. The Morgan fingerprint density at radius 3 is 2.50 bits per heavy atom. The van der Waals surface area contributed by atoms with E-state index in [0.717, 1.165) is 17.0 Å². The maximum absolute atomic E-state index is 12.6. The second kappa shape index (κ2) is 9.20. The first-order valence-electron chi connectivity index (χ1n) is 8.35. The van der Waals surface area contributed by atoms with E-state index in [1.54, 1.807) is 25.3 Å². The molecule has 3 rings (SSSR count). The minimum Gasteiger partial charge on any atom is -0.497 e. The van der Waals surface area contributed by atoms with Gasteiger partial charge in [-0.15, -0.1) is 11.3 Å². The van der Waals surface area contributed by atoms with Crippen molar-refractivity contribution in [1.82, 2.24) is 4.98 Å². The van der Waals surface area contributed by atoms with E-state index in [9.17, 15) is 4.79 Å². The topological polar surface area (TPSA) is 78.9 Å². The third kappa shape index (κ3) is 4.59. The highest BCUT2D eigenvalue weighted by Gasteiger charge is 2.13. The Balaban J connectivity index is 1.71. The SMILES string of the molecule is COCOc1ccc(C(=O)Nc2nc(-c3ccc(OC)cc3)cs2)cc1OC. The number of amides is 1. The van der Waals surface area contributed by atoms with Crippen molar-refractivity contribution in [1.29, 1.82) is 0 Å². The third-order valence-corrected chi connectivity index (χ3v) is 4.63. The summed E-state index contributed by atoms with van der Waals surface area (Å²) >= 11 is 1.35. The molecule has 0 radical (unpaired) electrons. The van der Waals surface area contributed by atoms with Crippen molar-refractivity contribution in [3.05, 3.63) is 53.4 Å². The number of rotatable bonds is 8. The lowest BCUT2D eigenvalue weighted by Gasteiger charge is -2.11. The molecular weight excluding hydrogens is 380 g/mol. The lowest BCUT2D eigenvalue weighted by Crippen LogP contribution is -2.12. The minimum atomic E-state index is -0.285. The first-order valence-corrected chi connectivity index (χ1v) is 9.23. The number of carbonyl (C=O) groups excluding carboxylic acids is 1. The van der Waals surface area contributed by atoms with Gasteiger partial charge in [-0.1, -0.05) is 0 Å². The van der Waals surface area contributed by atoms with Crippen LogP contribution in [0.15, 0.2) is 47.8 Å². The third-order valence-electron chi connectivity index (χ3n) is 3.87. The maximum Gasteiger partial charge on any atom is 0.257 e. The molecule has 0 saturated heterocycles. The number of nitrogens with zero attached hydrogens (tertiary/aromatic N) is 1. The number of ether oxygens (including phenoxy) is 4. The van der Waals surface area contributed by atoms with Gasteiger partial charge in [0.25, 0.3) is 5.91 Å². The van der Waals surface area contributed by atoms with Crippen molar-refractivity contribution in [2.24, 2.45) is 0 Å². The molecular formula is C20H20N2O5S. The number of nitrogens with one attached hydrogen (secondary N) is 1. The molecule has 0 spiro atoms. The van der Waals surface area contributed by atoms with E-state index in [0.29, 0.717) is 22.2 Å². The van der Waals surface area contributed by atoms with Crippen LogP contribution in [0.3, 0.4) is 0 Å². The van der Waals surface area contributed by atoms with Gasteiger partial charge in [0, 0.05) is 23.6 Å². The molecule has 1 heterocycles. The summed E-state index contributed by atoms with van der Waals surface area (Å²) in [7, 11) is 4.66. The van der Waals surface area contributed by atoms with Gasteiger partial charge < -0.3 is 18.9 Å². The smallest absolute Gasteiger partial charge is 0.257 e. The van der Waals surface area contributed by atoms with E-state index in [1.165, 1.54) is 25.6 Å². The first-order chi connectivity index (χ1) is 13.6. The summed E-state index contributed by atoms with van der Waals surface area (Å²) in [5.74, 6) is 1.44. The molecule has 0 aliphatic heterocycles. The number of hydrogen-bond acceptors (Lipinski definition) is 7. The van der Waals surface area contributed by atoms with Crippen LogP contribution in [-0.4, -0.2) is 39.0 Å². The molecule has 0 saturated carbocycles. The molecule has 0 fully saturated rings. The average Bonchev–Trinajstić information content (AvgIpc) is 3.20. The van der Waals surface area contributed by atoms with Gasteiger partial charge in [-0.3, -0.25) is 10.1 Å². The van der Waals surface area contributed by atoms with Crippen LogP contribution < -0.4 is 19.5 Å². The fourth-order valence-electron chi connectivity index (χ4n) is 2.45. The largest absolute Gasteiger partial charge is 0.497 e. The number of carbonyl (C=O) groups is 1. The molecule has 8 heteroatoms. The summed E-state index contributed by atoms with van der Waals surface area (Å²) in [5, 5.41) is 5.20. The van der Waals surface area contributed by atoms with Crippen molar-refractivity contribution < 1.29 is 23.7 Å². The van der Waals surface area contributed by atoms with Gasteiger partial charge in [-0.2, -0.15) is 0 Å². The van der Waals surface area contributed by atoms with Crippen LogP contribution in [0.1, 0.15) is 10.4 Å². The number of benzene rings is 2. The van der Waals surface area contributed by atoms with Crippen LogP contribution in [0, 0.1) is 0 Å². The number of anilines is 1. The molecule has 0 aliphatic carbocycles. The first kappa shape index (κ1) is 19.7. The van der Waals surface area contributed by atoms with Crippen LogP contribution in [0.5, 0.6) is 17.2 Å². The Kier molecular flexibility index (Phi) is 6.46. The second-order valence-electron chi connectivity index (χ2n) is 5.64. The minimum absolute atomic E-state index is 0.0924. The zero-order chi connectivity index (χ0) is 19.9. The highest BCUT2D eigenvalue weighted by molar-refractivity contribution is 7.14. The zero-order valence-corrected chi connectivity index (χ0v) is 16.5. The Labute approximate surface area is 166 Å². The molecule has 1 N–H and O–H groups in total. The van der Waals surface area contributed by atoms with Crippen LogP contribution >= 0.6 is 11.3 Å². The van der Waals surface area contributed by atoms with Gasteiger partial charge in [0.1, 0.15) is 5.75 Å². The van der Waals surface area contributed by atoms with E-state index in [1.807, 2.05) is 29.6 Å². The Bertz CT molecular complexity index is 940. The van der Waals surface area contributed by atoms with Gasteiger partial charge >= 0.3 is 0 Å². The van der Waals surface area contributed by atoms with Gasteiger partial charge in [-0.25, -0.2) is 4.98 Å². The summed E-state index contributed by atoms with van der Waals surface area (Å²) in [4.78, 5) is 17.0. The highest BCUT2D eigenvalue weighted by atomic mass is 32.1. The molecule has 3 aromatic rings. The zero-order valence-electron chi connectivity index (χ0n) is 15.7. The summed E-state index contributed by atoms with van der Waals surface area (Å²) < 4.78 is 20.7. The predicted octanol–water partition coefficient (Wildman–Crippen LogP) is 4.06. The summed E-state index contributed by atoms with van der Waals surface area (Å²) in [6.07, 6.45) is 0. The van der Waals surface area contributed by atoms with Crippen molar-refractivity contribution >= 4 is 22.4 Å². The lowest BCUT2D eigenvalue weighted by atomic mass is 10.2. The molecule has 0 atom stereocenters. The van der Waals surface area contributed by atoms with E-state index in [2.05, 4.69) is 10.3 Å². The predicted molar refractivity (Wildman–Crippen MR) is 108 cm³/mol. The number of thiazole rings is 1. The molecule has 2 aromatic carbocycles. The van der Waals surface area contributed by atoms with Crippen LogP contribution in [0.25, 0.3) is 11.3 Å². The number of hydrogen-bond donors (Lipinski definition) is 1. The van der Waals surface area contributed by atoms with Gasteiger partial charge in [0.15, 0.2) is 23.4 Å². The highest BCUT2D eigenvalue weighted by Crippen LogP contribution is 2.30. The van der Waals surface area contributed by atoms with Gasteiger partial charge in [0.05, 0.1) is 19.9 Å². The number of aromatic nitrogens is 1. The maximum atomic E-state index is 12.6. The van der Waals surface area contributed by atoms with Gasteiger partial charge in [0.2, 0.25) is 0 Å². The van der Waals surface area contributed by atoms with E-state index >= 15 is 0 Å². The van der Waals surface area contributed by atoms with Crippen molar-refractivity contribution in [2.75, 3.05) is 33.4 Å². The summed E-state index contributed by atoms with van der Waals surface area (Å²) in [6.45, 7) is 0.0924. The van der Waals surface area contributed by atoms with E-state index in [4.69, 9.17) is 18.9 Å². The standard InChI is InChI=1S/C20H20N2O5S/c1-24-12-27-17-9-6-14(10-18(17)26-3)19(23)22-20-21-16(11-28-20)13-4-7-15(25-2)8-5-13/h4-11H,12H2,1-3H3,(H,21,22,23). The molecule has 146 valence electrons. The second-order valence-corrected chi connectivity index (χ2v) is 6.50. The van der Waals surface area contributed by atoms with Crippen LogP contribution in [-0.2, 0) is 4.74 Å². The van der Waals surface area contributed by atoms with Crippen molar-refractivity contribution in [3.63, 3.8) is 0 Å². The molecule has 0 aliphatic rings. The molecule has 0 unspecified atom stereocenters. The summed E-state index contributed by atoms with van der Waals surface area (Å²) in [6, 6.07) is 12.5. The quantitative estimate of drug-likeness (QED) is 0.575. The molecule has 1 aromatic heterocycles. The molecule has 0 bridgehead atoms. The monoisotopic (exact) mass is 400 g/mol. The fourth-order valence-corrected chi connectivity index (χ4v) is 3.16. The molecule has 1 amide bonds. The Morgan fingerprint density at radius 2 is 1.82 bits per heavy atom. The van der Waals surface area contributed by atoms with Gasteiger partial charge in [-0.05, 0) is 42.5 Å². The van der Waals surface area contributed by atoms with Crippen molar-refractivity contribution in [2.45, 2.75) is 0 Å². The number of methoxy groups -OCH3 is 3.